The minimum absolute atomic E-state index is 0.0756. The first-order chi connectivity index (χ1) is 16.8. The van der Waals surface area contributed by atoms with E-state index >= 15 is 0 Å². The summed E-state index contributed by atoms with van der Waals surface area (Å²) in [5, 5.41) is 0. The number of ether oxygens (including phenoxy) is 2. The number of anilines is 1. The molecule has 35 heavy (non-hydrogen) atoms. The van der Waals surface area contributed by atoms with Gasteiger partial charge in [0.2, 0.25) is 0 Å². The molecule has 0 saturated carbocycles. The van der Waals surface area contributed by atoms with Crippen molar-refractivity contribution in [1.29, 1.82) is 0 Å². The Morgan fingerprint density at radius 2 is 1.60 bits per heavy atom. The summed E-state index contributed by atoms with van der Waals surface area (Å²) in [6.07, 6.45) is 2.82. The molecule has 3 N–H and O–H groups in total. The number of hydrazine groups is 1. The highest BCUT2D eigenvalue weighted by atomic mass is 32.2. The average Bonchev–Trinajstić information content (AvgIpc) is 2.87. The van der Waals surface area contributed by atoms with Gasteiger partial charge in [0.1, 0.15) is 11.5 Å². The van der Waals surface area contributed by atoms with Gasteiger partial charge in [0.05, 0.1) is 18.6 Å². The van der Waals surface area contributed by atoms with Gasteiger partial charge in [-0.3, -0.25) is 25.2 Å². The van der Waals surface area contributed by atoms with Gasteiger partial charge in [-0.05, 0) is 67.6 Å². The standard InChI is InChI=1S/C25H25N3O6S/c1-3-34-21-13-15-22(16-14-21)35(31,32)28-20-11-8-19(9-12-20)25(30)27-26-24(29)17-10-18-6-4-5-7-23(18)33-2/h4-17,28H,3H2,1-2H3,(H,26,29)(H,27,30)/b17-10+. The van der Waals surface area contributed by atoms with Crippen molar-refractivity contribution in [2.24, 2.45) is 0 Å². The van der Waals surface area contributed by atoms with Gasteiger partial charge in [-0.25, -0.2) is 8.42 Å². The number of hydrogen-bond donors (Lipinski definition) is 3. The third-order valence-electron chi connectivity index (χ3n) is 4.70. The van der Waals surface area contributed by atoms with E-state index in [0.717, 1.165) is 0 Å². The second-order valence-corrected chi connectivity index (χ2v) is 8.79. The Kier molecular flexibility index (Phi) is 8.47. The van der Waals surface area contributed by atoms with E-state index < -0.39 is 21.8 Å². The molecule has 0 aromatic heterocycles. The first-order valence-corrected chi connectivity index (χ1v) is 12.1. The van der Waals surface area contributed by atoms with E-state index in [4.69, 9.17) is 9.47 Å². The first-order valence-electron chi connectivity index (χ1n) is 10.6. The predicted octanol–water partition coefficient (Wildman–Crippen LogP) is 3.37. The maximum absolute atomic E-state index is 12.6. The average molecular weight is 496 g/mol. The van der Waals surface area contributed by atoms with Crippen molar-refractivity contribution in [3.05, 3.63) is 90.0 Å². The Hall–Kier alpha value is -4.31. The Balaban J connectivity index is 1.55. The van der Waals surface area contributed by atoms with Gasteiger partial charge in [-0.15, -0.1) is 0 Å². The van der Waals surface area contributed by atoms with Gasteiger partial charge in [-0.1, -0.05) is 18.2 Å². The number of sulfonamides is 1. The van der Waals surface area contributed by atoms with Crippen LogP contribution in [0.1, 0.15) is 22.8 Å². The van der Waals surface area contributed by atoms with E-state index in [0.29, 0.717) is 23.7 Å². The molecule has 182 valence electrons. The normalized spacial score (nSPS) is 11.0. The predicted molar refractivity (Wildman–Crippen MR) is 132 cm³/mol. The van der Waals surface area contributed by atoms with Crippen molar-refractivity contribution in [3.63, 3.8) is 0 Å². The lowest BCUT2D eigenvalue weighted by atomic mass is 10.2. The Morgan fingerprint density at radius 3 is 2.26 bits per heavy atom. The molecule has 0 atom stereocenters. The van der Waals surface area contributed by atoms with Gasteiger partial charge in [-0.2, -0.15) is 0 Å². The highest BCUT2D eigenvalue weighted by Crippen LogP contribution is 2.20. The topological polar surface area (TPSA) is 123 Å². The van der Waals surface area contributed by atoms with E-state index in [2.05, 4.69) is 15.6 Å². The lowest BCUT2D eigenvalue weighted by molar-refractivity contribution is -0.117. The van der Waals surface area contributed by atoms with Crippen molar-refractivity contribution in [2.75, 3.05) is 18.4 Å². The SMILES string of the molecule is CCOc1ccc(S(=O)(=O)Nc2ccc(C(=O)NNC(=O)/C=C/c3ccccc3OC)cc2)cc1. The van der Waals surface area contributed by atoms with Gasteiger partial charge >= 0.3 is 0 Å². The summed E-state index contributed by atoms with van der Waals surface area (Å²) in [6, 6.07) is 19.0. The number of para-hydroxylation sites is 1. The van der Waals surface area contributed by atoms with Gasteiger partial charge in [0.25, 0.3) is 21.8 Å². The second kappa shape index (κ2) is 11.7. The van der Waals surface area contributed by atoms with Crippen LogP contribution in [-0.4, -0.2) is 33.9 Å². The summed E-state index contributed by atoms with van der Waals surface area (Å²) in [5.74, 6) is 0.0805. The van der Waals surface area contributed by atoms with Crippen LogP contribution in [0.5, 0.6) is 11.5 Å². The molecule has 0 saturated heterocycles. The van der Waals surface area contributed by atoms with Crippen LogP contribution >= 0.6 is 0 Å². The number of hydrogen-bond acceptors (Lipinski definition) is 6. The van der Waals surface area contributed by atoms with Gasteiger partial charge in [0, 0.05) is 22.9 Å². The molecule has 0 aliphatic carbocycles. The fraction of sp³-hybridized carbons (Fsp3) is 0.120. The van der Waals surface area contributed by atoms with E-state index in [-0.39, 0.29) is 16.1 Å². The minimum Gasteiger partial charge on any atom is -0.496 e. The van der Waals surface area contributed by atoms with Crippen molar-refractivity contribution < 1.29 is 27.5 Å². The van der Waals surface area contributed by atoms with E-state index in [1.165, 1.54) is 49.6 Å². The molecule has 0 aliphatic heterocycles. The van der Waals surface area contributed by atoms with Crippen LogP contribution in [0.25, 0.3) is 6.08 Å². The molecule has 3 rings (SSSR count). The van der Waals surface area contributed by atoms with Crippen molar-refractivity contribution >= 4 is 33.6 Å². The third kappa shape index (κ3) is 7.08. The summed E-state index contributed by atoms with van der Waals surface area (Å²) in [5.41, 5.74) is 5.80. The molecular weight excluding hydrogens is 470 g/mol. The number of methoxy groups -OCH3 is 1. The van der Waals surface area contributed by atoms with Crippen LogP contribution in [0.3, 0.4) is 0 Å². The van der Waals surface area contributed by atoms with Crippen LogP contribution in [0, 0.1) is 0 Å². The zero-order valence-electron chi connectivity index (χ0n) is 19.1. The molecule has 0 fully saturated rings. The van der Waals surface area contributed by atoms with E-state index in [1.54, 1.807) is 30.3 Å². The molecule has 2 amide bonds. The number of carbonyl (C=O) groups is 2. The zero-order valence-corrected chi connectivity index (χ0v) is 20.0. The summed E-state index contributed by atoms with van der Waals surface area (Å²) >= 11 is 0. The molecule has 0 bridgehead atoms. The molecule has 3 aromatic rings. The molecule has 0 aliphatic rings. The van der Waals surface area contributed by atoms with Crippen LogP contribution < -0.4 is 25.0 Å². The van der Waals surface area contributed by atoms with E-state index in [9.17, 15) is 18.0 Å². The molecule has 9 nitrogen and oxygen atoms in total. The Labute approximate surface area is 203 Å². The number of benzene rings is 3. The number of amides is 2. The number of rotatable bonds is 9. The fourth-order valence-corrected chi connectivity index (χ4v) is 4.05. The highest BCUT2D eigenvalue weighted by molar-refractivity contribution is 7.92. The second-order valence-electron chi connectivity index (χ2n) is 7.11. The summed E-state index contributed by atoms with van der Waals surface area (Å²) in [7, 11) is -2.28. The summed E-state index contributed by atoms with van der Waals surface area (Å²) in [6.45, 7) is 2.32. The number of nitrogens with one attached hydrogen (secondary N) is 3. The maximum atomic E-state index is 12.6. The molecule has 0 heterocycles. The lowest BCUT2D eigenvalue weighted by Gasteiger charge is -2.10. The van der Waals surface area contributed by atoms with Crippen LogP contribution in [0.4, 0.5) is 5.69 Å². The molecule has 0 radical (unpaired) electrons. The minimum atomic E-state index is -3.81. The molecule has 10 heteroatoms. The Bertz CT molecular complexity index is 1300. The van der Waals surface area contributed by atoms with E-state index in [1.807, 2.05) is 19.1 Å². The smallest absolute Gasteiger partial charge is 0.269 e. The van der Waals surface area contributed by atoms with Crippen molar-refractivity contribution in [3.8, 4) is 11.5 Å². The molecule has 3 aromatic carbocycles. The summed E-state index contributed by atoms with van der Waals surface area (Å²) < 4.78 is 38.1. The monoisotopic (exact) mass is 495 g/mol. The summed E-state index contributed by atoms with van der Waals surface area (Å²) in [4.78, 5) is 24.4. The van der Waals surface area contributed by atoms with Crippen molar-refractivity contribution in [2.45, 2.75) is 11.8 Å². The molecule has 0 spiro atoms. The van der Waals surface area contributed by atoms with Crippen molar-refractivity contribution in [1.82, 2.24) is 10.9 Å². The first kappa shape index (κ1) is 25.3. The zero-order chi connectivity index (χ0) is 25.3. The van der Waals surface area contributed by atoms with Crippen LogP contribution in [0.15, 0.2) is 83.8 Å². The fourth-order valence-electron chi connectivity index (χ4n) is 2.99. The quantitative estimate of drug-likeness (QED) is 0.309. The largest absolute Gasteiger partial charge is 0.496 e. The lowest BCUT2D eigenvalue weighted by Crippen LogP contribution is -2.40. The van der Waals surface area contributed by atoms with Gasteiger partial charge in [0.15, 0.2) is 0 Å². The Morgan fingerprint density at radius 1 is 0.914 bits per heavy atom. The van der Waals surface area contributed by atoms with Crippen LogP contribution in [-0.2, 0) is 14.8 Å². The molecule has 0 unspecified atom stereocenters. The number of carbonyl (C=O) groups excluding carboxylic acids is 2. The van der Waals surface area contributed by atoms with Crippen LogP contribution in [0.2, 0.25) is 0 Å². The van der Waals surface area contributed by atoms with Gasteiger partial charge < -0.3 is 9.47 Å². The third-order valence-corrected chi connectivity index (χ3v) is 6.09. The highest BCUT2D eigenvalue weighted by Gasteiger charge is 2.15. The molecular formula is C25H25N3O6S. The maximum Gasteiger partial charge on any atom is 0.269 e.